The van der Waals surface area contributed by atoms with Gasteiger partial charge in [0.25, 0.3) is 0 Å². The summed E-state index contributed by atoms with van der Waals surface area (Å²) < 4.78 is 5.36. The van der Waals surface area contributed by atoms with Crippen LogP contribution < -0.4 is 5.32 Å². The Balaban J connectivity index is 1.73. The molecule has 2 saturated carbocycles. The Kier molecular flexibility index (Phi) is 3.56. The number of ether oxygens (including phenoxy) is 1. The van der Waals surface area contributed by atoms with Crippen LogP contribution in [-0.4, -0.2) is 49.2 Å². The lowest BCUT2D eigenvalue weighted by molar-refractivity contribution is -0.153. The third kappa shape index (κ3) is 2.29. The number of hydrogen-bond acceptors (Lipinski definition) is 4. The average molecular weight is 266 g/mol. The largest absolute Gasteiger partial charge is 0.465 e. The molecule has 3 rings (SSSR count). The van der Waals surface area contributed by atoms with Crippen molar-refractivity contribution in [3.8, 4) is 0 Å². The molecule has 3 fully saturated rings. The maximum absolute atomic E-state index is 12.5. The predicted octanol–water partition coefficient (Wildman–Crippen LogP) is 1.40. The third-order valence-corrected chi connectivity index (χ3v) is 5.34. The lowest BCUT2D eigenvalue weighted by atomic mass is 9.91. The summed E-state index contributed by atoms with van der Waals surface area (Å²) in [7, 11) is 1.92. The minimum atomic E-state index is -0.458. The Morgan fingerprint density at radius 3 is 2.63 bits per heavy atom. The molecule has 2 bridgehead atoms. The molecule has 4 heteroatoms. The molecule has 4 nitrogen and oxygen atoms in total. The first-order valence-corrected chi connectivity index (χ1v) is 7.79. The Bertz CT molecular complexity index is 356. The van der Waals surface area contributed by atoms with Crippen molar-refractivity contribution in [2.24, 2.45) is 11.8 Å². The summed E-state index contributed by atoms with van der Waals surface area (Å²) in [5, 5.41) is 3.33. The van der Waals surface area contributed by atoms with Crippen molar-refractivity contribution in [3.63, 3.8) is 0 Å². The van der Waals surface area contributed by atoms with Crippen molar-refractivity contribution in [1.29, 1.82) is 0 Å². The standard InChI is InChI=1S/C15H26N2O2/c1-3-19-14(18)15(16-2,12-5-6-12)10-17-9-11-4-7-13(17)8-11/h11-13,16H,3-10H2,1-2H3. The fraction of sp³-hybridized carbons (Fsp3) is 0.933. The molecule has 1 aliphatic heterocycles. The number of nitrogens with one attached hydrogen (secondary N) is 1. The van der Waals surface area contributed by atoms with Crippen LogP contribution >= 0.6 is 0 Å². The van der Waals surface area contributed by atoms with Gasteiger partial charge < -0.3 is 10.1 Å². The quantitative estimate of drug-likeness (QED) is 0.738. The van der Waals surface area contributed by atoms with Gasteiger partial charge in [0.2, 0.25) is 0 Å². The van der Waals surface area contributed by atoms with Crippen LogP contribution in [0.3, 0.4) is 0 Å². The first kappa shape index (κ1) is 13.4. The van der Waals surface area contributed by atoms with E-state index < -0.39 is 5.54 Å². The van der Waals surface area contributed by atoms with Gasteiger partial charge in [0.1, 0.15) is 5.54 Å². The van der Waals surface area contributed by atoms with Gasteiger partial charge in [0, 0.05) is 19.1 Å². The highest BCUT2D eigenvalue weighted by Crippen LogP contribution is 2.44. The summed E-state index contributed by atoms with van der Waals surface area (Å²) >= 11 is 0. The summed E-state index contributed by atoms with van der Waals surface area (Å²) in [5.74, 6) is 1.31. The van der Waals surface area contributed by atoms with Crippen LogP contribution in [0.25, 0.3) is 0 Å². The Morgan fingerprint density at radius 1 is 1.37 bits per heavy atom. The minimum absolute atomic E-state index is 0.0391. The Labute approximate surface area is 115 Å². The molecule has 1 N–H and O–H groups in total. The summed E-state index contributed by atoms with van der Waals surface area (Å²) in [5.41, 5.74) is -0.458. The van der Waals surface area contributed by atoms with Crippen LogP contribution in [0.2, 0.25) is 0 Å². The van der Waals surface area contributed by atoms with E-state index in [9.17, 15) is 4.79 Å². The van der Waals surface area contributed by atoms with Crippen LogP contribution in [0.1, 0.15) is 39.0 Å². The first-order chi connectivity index (χ1) is 9.19. The van der Waals surface area contributed by atoms with Crippen molar-refractivity contribution >= 4 is 5.97 Å². The smallest absolute Gasteiger partial charge is 0.327 e. The first-order valence-electron chi connectivity index (χ1n) is 7.79. The van der Waals surface area contributed by atoms with Gasteiger partial charge in [-0.15, -0.1) is 0 Å². The van der Waals surface area contributed by atoms with E-state index in [0.29, 0.717) is 18.6 Å². The van der Waals surface area contributed by atoms with E-state index >= 15 is 0 Å². The number of piperidine rings is 1. The molecule has 0 radical (unpaired) electrons. The molecule has 0 aromatic heterocycles. The van der Waals surface area contributed by atoms with Crippen molar-refractivity contribution in [3.05, 3.63) is 0 Å². The number of carbonyl (C=O) groups is 1. The number of fused-ring (bicyclic) bond motifs is 2. The molecule has 1 saturated heterocycles. The van der Waals surface area contributed by atoms with Crippen molar-refractivity contribution in [2.45, 2.75) is 50.6 Å². The van der Waals surface area contributed by atoms with Gasteiger partial charge in [0.05, 0.1) is 6.61 Å². The van der Waals surface area contributed by atoms with E-state index in [1.165, 1.54) is 25.8 Å². The predicted molar refractivity (Wildman–Crippen MR) is 73.8 cm³/mol. The molecule has 19 heavy (non-hydrogen) atoms. The molecule has 3 unspecified atom stereocenters. The third-order valence-electron chi connectivity index (χ3n) is 5.34. The second-order valence-corrected chi connectivity index (χ2v) is 6.48. The number of hydrogen-bond donors (Lipinski definition) is 1. The van der Waals surface area contributed by atoms with Gasteiger partial charge in [-0.25, -0.2) is 4.79 Å². The number of nitrogens with zero attached hydrogens (tertiary/aromatic N) is 1. The molecule has 0 spiro atoms. The van der Waals surface area contributed by atoms with Crippen LogP contribution in [0.4, 0.5) is 0 Å². The number of esters is 1. The van der Waals surface area contributed by atoms with Crippen LogP contribution in [0, 0.1) is 11.8 Å². The Morgan fingerprint density at radius 2 is 2.16 bits per heavy atom. The zero-order chi connectivity index (χ0) is 13.5. The summed E-state index contributed by atoms with van der Waals surface area (Å²) in [6.45, 7) is 4.39. The second kappa shape index (κ2) is 5.06. The maximum Gasteiger partial charge on any atom is 0.327 e. The van der Waals surface area contributed by atoms with Crippen molar-refractivity contribution in [2.75, 3.05) is 26.7 Å². The average Bonchev–Trinajstić information content (AvgIpc) is 3.06. The van der Waals surface area contributed by atoms with E-state index in [0.717, 1.165) is 25.3 Å². The Hall–Kier alpha value is -0.610. The number of rotatable bonds is 6. The molecule has 0 aromatic rings. The number of likely N-dealkylation sites (N-methyl/N-ethyl adjacent to an activating group) is 1. The monoisotopic (exact) mass is 266 g/mol. The van der Waals surface area contributed by atoms with E-state index in [4.69, 9.17) is 4.74 Å². The molecule has 0 amide bonds. The zero-order valence-corrected chi connectivity index (χ0v) is 12.2. The second-order valence-electron chi connectivity index (χ2n) is 6.48. The van der Waals surface area contributed by atoms with Gasteiger partial charge >= 0.3 is 5.97 Å². The van der Waals surface area contributed by atoms with E-state index in [1.54, 1.807) is 0 Å². The molecular formula is C15H26N2O2. The lowest BCUT2D eigenvalue weighted by Gasteiger charge is -2.38. The number of carbonyl (C=O) groups excluding carboxylic acids is 1. The highest BCUT2D eigenvalue weighted by atomic mass is 16.5. The maximum atomic E-state index is 12.5. The van der Waals surface area contributed by atoms with Gasteiger partial charge in [-0.05, 0) is 57.9 Å². The highest BCUT2D eigenvalue weighted by Gasteiger charge is 2.54. The molecule has 0 aromatic carbocycles. The summed E-state index contributed by atoms with van der Waals surface area (Å²) in [6.07, 6.45) is 6.35. The fourth-order valence-electron chi connectivity index (χ4n) is 4.12. The zero-order valence-electron chi connectivity index (χ0n) is 12.2. The SMILES string of the molecule is CCOC(=O)C(CN1CC2CCC1C2)(NC)C1CC1. The van der Waals surface area contributed by atoms with Gasteiger partial charge in [-0.3, -0.25) is 4.90 Å². The topological polar surface area (TPSA) is 41.6 Å². The molecule has 3 atom stereocenters. The van der Waals surface area contributed by atoms with Crippen LogP contribution in [0.5, 0.6) is 0 Å². The van der Waals surface area contributed by atoms with Gasteiger partial charge in [0.15, 0.2) is 0 Å². The lowest BCUT2D eigenvalue weighted by Crippen LogP contribution is -2.61. The van der Waals surface area contributed by atoms with E-state index in [2.05, 4.69) is 10.2 Å². The van der Waals surface area contributed by atoms with Gasteiger partial charge in [-0.1, -0.05) is 0 Å². The molecule has 2 aliphatic carbocycles. The number of likely N-dealkylation sites (tertiary alicyclic amines) is 1. The summed E-state index contributed by atoms with van der Waals surface area (Å²) in [6, 6.07) is 0.714. The van der Waals surface area contributed by atoms with E-state index in [1.807, 2.05) is 14.0 Å². The summed E-state index contributed by atoms with van der Waals surface area (Å²) in [4.78, 5) is 15.0. The van der Waals surface area contributed by atoms with Crippen molar-refractivity contribution in [1.82, 2.24) is 10.2 Å². The molecule has 3 aliphatic rings. The molecular weight excluding hydrogens is 240 g/mol. The van der Waals surface area contributed by atoms with E-state index in [-0.39, 0.29) is 5.97 Å². The highest BCUT2D eigenvalue weighted by molar-refractivity contribution is 5.82. The minimum Gasteiger partial charge on any atom is -0.465 e. The van der Waals surface area contributed by atoms with Crippen LogP contribution in [0.15, 0.2) is 0 Å². The van der Waals surface area contributed by atoms with Gasteiger partial charge in [-0.2, -0.15) is 0 Å². The van der Waals surface area contributed by atoms with Crippen LogP contribution in [-0.2, 0) is 9.53 Å². The molecule has 1 heterocycles. The fourth-order valence-corrected chi connectivity index (χ4v) is 4.12. The normalized spacial score (nSPS) is 33.4. The van der Waals surface area contributed by atoms with Crippen molar-refractivity contribution < 1.29 is 9.53 Å². The molecule has 108 valence electrons.